The maximum absolute atomic E-state index is 12.5. The third-order valence-corrected chi connectivity index (χ3v) is 5.81. The summed E-state index contributed by atoms with van der Waals surface area (Å²) in [6.07, 6.45) is 3.45. The van der Waals surface area contributed by atoms with Crippen LogP contribution in [0.25, 0.3) is 10.9 Å². The second-order valence-electron chi connectivity index (χ2n) is 7.76. The molecule has 0 unspecified atom stereocenters. The Bertz CT molecular complexity index is 1070. The number of methoxy groups -OCH3 is 1. The lowest BCUT2D eigenvalue weighted by molar-refractivity contribution is -0.143. The Kier molecular flexibility index (Phi) is 6.80. The number of aromatic nitrogens is 1. The zero-order valence-electron chi connectivity index (χ0n) is 17.8. The average Bonchev–Trinajstić information content (AvgIpc) is 3.24. The van der Waals surface area contributed by atoms with Crippen LogP contribution in [0, 0.1) is 0 Å². The van der Waals surface area contributed by atoms with E-state index in [2.05, 4.69) is 64.9 Å². The maximum Gasteiger partial charge on any atom is 0.323 e. The molecule has 0 saturated carbocycles. The number of aromatic amines is 1. The van der Waals surface area contributed by atoms with Crippen molar-refractivity contribution in [2.75, 3.05) is 13.7 Å². The Morgan fingerprint density at radius 3 is 2.16 bits per heavy atom. The summed E-state index contributed by atoms with van der Waals surface area (Å²) in [4.78, 5) is 15.8. The smallest absolute Gasteiger partial charge is 0.323 e. The number of fused-ring (bicyclic) bond motifs is 1. The van der Waals surface area contributed by atoms with Gasteiger partial charge in [0, 0.05) is 29.4 Å². The fraction of sp³-hybridized carbons (Fsp3) is 0.222. The second-order valence-corrected chi connectivity index (χ2v) is 7.76. The summed E-state index contributed by atoms with van der Waals surface area (Å²) in [5, 5.41) is 4.60. The van der Waals surface area contributed by atoms with Crippen molar-refractivity contribution in [3.05, 3.63) is 108 Å². The van der Waals surface area contributed by atoms with Gasteiger partial charge in [-0.2, -0.15) is 0 Å². The van der Waals surface area contributed by atoms with E-state index in [0.29, 0.717) is 13.0 Å². The summed E-state index contributed by atoms with van der Waals surface area (Å²) >= 11 is 0. The van der Waals surface area contributed by atoms with Gasteiger partial charge >= 0.3 is 5.97 Å². The Labute approximate surface area is 183 Å². The van der Waals surface area contributed by atoms with E-state index in [4.69, 9.17) is 4.74 Å². The van der Waals surface area contributed by atoms with Crippen LogP contribution in [0.1, 0.15) is 29.0 Å². The molecule has 0 spiro atoms. The van der Waals surface area contributed by atoms with E-state index >= 15 is 0 Å². The minimum absolute atomic E-state index is 0.235. The van der Waals surface area contributed by atoms with Gasteiger partial charge in [-0.3, -0.25) is 4.79 Å². The van der Waals surface area contributed by atoms with E-state index in [1.807, 2.05) is 36.5 Å². The summed E-state index contributed by atoms with van der Waals surface area (Å²) in [7, 11) is 1.45. The van der Waals surface area contributed by atoms with E-state index in [1.54, 1.807) is 0 Å². The first kappa shape index (κ1) is 20.9. The van der Waals surface area contributed by atoms with Crippen LogP contribution < -0.4 is 5.32 Å². The fourth-order valence-electron chi connectivity index (χ4n) is 4.20. The molecule has 1 aromatic heterocycles. The van der Waals surface area contributed by atoms with Crippen molar-refractivity contribution in [3.8, 4) is 0 Å². The van der Waals surface area contributed by atoms with Crippen LogP contribution in [0.5, 0.6) is 0 Å². The molecule has 0 aliphatic carbocycles. The van der Waals surface area contributed by atoms with Gasteiger partial charge in [-0.05, 0) is 35.7 Å². The first-order valence-corrected chi connectivity index (χ1v) is 10.7. The van der Waals surface area contributed by atoms with E-state index in [-0.39, 0.29) is 11.9 Å². The van der Waals surface area contributed by atoms with Crippen LogP contribution >= 0.6 is 0 Å². The van der Waals surface area contributed by atoms with Gasteiger partial charge in [0.25, 0.3) is 0 Å². The molecule has 0 saturated heterocycles. The van der Waals surface area contributed by atoms with E-state index in [0.717, 1.165) is 22.9 Å². The van der Waals surface area contributed by atoms with E-state index < -0.39 is 6.04 Å². The molecule has 0 amide bonds. The number of para-hydroxylation sites is 1. The lowest BCUT2D eigenvalue weighted by Gasteiger charge is -2.21. The van der Waals surface area contributed by atoms with Crippen LogP contribution in [-0.4, -0.2) is 30.6 Å². The number of ether oxygens (including phenoxy) is 1. The molecule has 4 aromatic rings. The summed E-state index contributed by atoms with van der Waals surface area (Å²) in [6.45, 7) is 0.705. The first-order valence-electron chi connectivity index (χ1n) is 10.7. The number of carbonyl (C=O) groups excluding carboxylic acids is 1. The molecule has 0 bridgehead atoms. The van der Waals surface area contributed by atoms with Gasteiger partial charge in [0.05, 0.1) is 7.11 Å². The second kappa shape index (κ2) is 10.1. The Morgan fingerprint density at radius 1 is 0.903 bits per heavy atom. The van der Waals surface area contributed by atoms with Crippen molar-refractivity contribution in [1.29, 1.82) is 0 Å². The normalized spacial score (nSPS) is 12.2. The minimum atomic E-state index is -0.392. The average molecular weight is 413 g/mol. The van der Waals surface area contributed by atoms with Gasteiger partial charge in [-0.25, -0.2) is 0 Å². The van der Waals surface area contributed by atoms with Gasteiger partial charge in [-0.15, -0.1) is 0 Å². The van der Waals surface area contributed by atoms with Crippen LogP contribution in [0.2, 0.25) is 0 Å². The predicted molar refractivity (Wildman–Crippen MR) is 125 cm³/mol. The van der Waals surface area contributed by atoms with Gasteiger partial charge < -0.3 is 15.0 Å². The van der Waals surface area contributed by atoms with Crippen molar-refractivity contribution < 1.29 is 9.53 Å². The monoisotopic (exact) mass is 412 g/mol. The third-order valence-electron chi connectivity index (χ3n) is 5.81. The summed E-state index contributed by atoms with van der Waals surface area (Å²) in [5.41, 5.74) is 4.75. The molecule has 31 heavy (non-hydrogen) atoms. The molecule has 158 valence electrons. The lowest BCUT2D eigenvalue weighted by atomic mass is 9.88. The molecule has 0 radical (unpaired) electrons. The number of rotatable bonds is 9. The van der Waals surface area contributed by atoms with Crippen molar-refractivity contribution in [1.82, 2.24) is 10.3 Å². The molecule has 3 aromatic carbocycles. The van der Waals surface area contributed by atoms with Crippen molar-refractivity contribution >= 4 is 16.9 Å². The molecule has 1 atom stereocenters. The highest BCUT2D eigenvalue weighted by Crippen LogP contribution is 2.27. The number of carbonyl (C=O) groups is 1. The number of esters is 1. The molecular weight excluding hydrogens is 384 g/mol. The molecule has 0 aliphatic rings. The maximum atomic E-state index is 12.5. The topological polar surface area (TPSA) is 54.1 Å². The van der Waals surface area contributed by atoms with Crippen LogP contribution in [-0.2, 0) is 16.0 Å². The Hall–Kier alpha value is -3.37. The van der Waals surface area contributed by atoms with Gasteiger partial charge in [0.1, 0.15) is 6.04 Å². The molecule has 4 nitrogen and oxygen atoms in total. The number of benzene rings is 3. The summed E-state index contributed by atoms with van der Waals surface area (Å²) in [5.74, 6) is 0.0301. The standard InChI is InChI=1S/C27H28N2O2/c1-31-27(30)26(18-22-19-29-25-15-9-8-14-24(22)25)28-17-16-23(20-10-4-2-5-11-20)21-12-6-3-7-13-21/h2-15,19,23,26,28-29H,16-18H2,1H3/t26-/m0/s1. The summed E-state index contributed by atoms with van der Waals surface area (Å²) in [6, 6.07) is 28.8. The zero-order chi connectivity index (χ0) is 21.5. The fourth-order valence-corrected chi connectivity index (χ4v) is 4.20. The highest BCUT2D eigenvalue weighted by atomic mass is 16.5. The van der Waals surface area contributed by atoms with E-state index in [9.17, 15) is 4.79 Å². The van der Waals surface area contributed by atoms with E-state index in [1.165, 1.54) is 18.2 Å². The van der Waals surface area contributed by atoms with Crippen LogP contribution in [0.4, 0.5) is 0 Å². The zero-order valence-corrected chi connectivity index (χ0v) is 17.8. The van der Waals surface area contributed by atoms with Gasteiger partial charge in [0.2, 0.25) is 0 Å². The van der Waals surface area contributed by atoms with Crippen LogP contribution in [0.3, 0.4) is 0 Å². The number of hydrogen-bond acceptors (Lipinski definition) is 3. The Morgan fingerprint density at radius 2 is 1.52 bits per heavy atom. The highest BCUT2D eigenvalue weighted by Gasteiger charge is 2.22. The quantitative estimate of drug-likeness (QED) is 0.378. The Balaban J connectivity index is 1.48. The lowest BCUT2D eigenvalue weighted by Crippen LogP contribution is -2.40. The number of hydrogen-bond donors (Lipinski definition) is 2. The molecule has 1 heterocycles. The third kappa shape index (κ3) is 5.04. The number of nitrogens with one attached hydrogen (secondary N) is 2. The molecular formula is C27H28N2O2. The molecule has 4 heteroatoms. The molecule has 0 aliphatic heterocycles. The van der Waals surface area contributed by atoms with Crippen LogP contribution in [0.15, 0.2) is 91.1 Å². The SMILES string of the molecule is COC(=O)[C@H](Cc1c[nH]c2ccccc12)NCCC(c1ccccc1)c1ccccc1. The molecule has 0 fully saturated rings. The molecule has 2 N–H and O–H groups in total. The number of H-pyrrole nitrogens is 1. The predicted octanol–water partition coefficient (Wildman–Crippen LogP) is 5.06. The van der Waals surface area contributed by atoms with Crippen molar-refractivity contribution in [3.63, 3.8) is 0 Å². The summed E-state index contributed by atoms with van der Waals surface area (Å²) < 4.78 is 5.09. The van der Waals surface area contributed by atoms with Gasteiger partial charge in [0.15, 0.2) is 0 Å². The van der Waals surface area contributed by atoms with Gasteiger partial charge in [-0.1, -0.05) is 78.9 Å². The molecule has 4 rings (SSSR count). The van der Waals surface area contributed by atoms with Crippen molar-refractivity contribution in [2.45, 2.75) is 24.8 Å². The largest absolute Gasteiger partial charge is 0.468 e. The first-order chi connectivity index (χ1) is 15.3. The van der Waals surface area contributed by atoms with Crippen molar-refractivity contribution in [2.24, 2.45) is 0 Å². The highest BCUT2D eigenvalue weighted by molar-refractivity contribution is 5.84. The minimum Gasteiger partial charge on any atom is -0.468 e.